The smallest absolute Gasteiger partial charge is 0.216 e. The molecular weight excluding hydrogens is 999 g/mol. The summed E-state index contributed by atoms with van der Waals surface area (Å²) in [6.45, 7) is 27.0. The molecule has 0 N–H and O–H groups in total. The molecule has 5 heterocycles. The van der Waals surface area contributed by atoms with Gasteiger partial charge in [-0.3, -0.25) is 4.98 Å². The summed E-state index contributed by atoms with van der Waals surface area (Å²) < 4.78 is 8.39. The maximum atomic E-state index is 10.8. The fraction of sp³-hybridized carbons (Fsp3) is 0.333. The zero-order valence-corrected chi connectivity index (χ0v) is 43.9. The molecule has 9 rings (SSSR count). The van der Waals surface area contributed by atoms with Gasteiger partial charge in [-0.05, 0) is 97.9 Å². The molecule has 67 heavy (non-hydrogen) atoms. The standard InChI is InChI=1S/C24H29N2.C23H24N2O.C13H12N.Ir/c1-16(2)17-8-10-18(11-9-17)23-25-21-13-12-19(15-24(3,4)5)20-7-6-14-26(23)22(20)21;1-6-8-16(14-23(3,4)5)13-20(24)19-10-7-9-17-18-12-11-15(2)25-22(18)26-21(17)19;1-10-3-6-12(7-4-10)13-8-5-11(2)9-14-13;/h8-10,12-13,16H,6-7,14-15H2,1-5H3;6-9,11-13H,14H2,1-5H3;3-6,8-9H,1-2H3;/q-1;-2;-1;/b;8-6-,16-13+;;. The van der Waals surface area contributed by atoms with E-state index in [9.17, 15) is 5.41 Å². The number of hydrogen-bond acceptors (Lipinski definition) is 4. The molecule has 4 aromatic heterocycles. The van der Waals surface area contributed by atoms with Gasteiger partial charge in [0, 0.05) is 49.5 Å². The third-order valence-electron chi connectivity index (χ3n) is 11.7. The predicted molar refractivity (Wildman–Crippen MR) is 277 cm³/mol. The van der Waals surface area contributed by atoms with Crippen molar-refractivity contribution < 1.29 is 24.5 Å². The minimum Gasteiger partial charge on any atom is -0.855 e. The minimum atomic E-state index is 0. The summed E-state index contributed by atoms with van der Waals surface area (Å²) in [6.07, 6.45) is 12.0. The molecule has 0 spiro atoms. The van der Waals surface area contributed by atoms with E-state index < -0.39 is 0 Å². The van der Waals surface area contributed by atoms with Gasteiger partial charge in [0.15, 0.2) is 0 Å². The van der Waals surface area contributed by atoms with Gasteiger partial charge in [0.1, 0.15) is 0 Å². The summed E-state index contributed by atoms with van der Waals surface area (Å²) in [5, 5.41) is 12.7. The van der Waals surface area contributed by atoms with Crippen molar-refractivity contribution >= 4 is 38.8 Å². The minimum absolute atomic E-state index is 0. The van der Waals surface area contributed by atoms with Gasteiger partial charge in [0.05, 0.1) is 16.9 Å². The third kappa shape index (κ3) is 12.6. The summed E-state index contributed by atoms with van der Waals surface area (Å²) in [6, 6.07) is 38.8. The van der Waals surface area contributed by atoms with Gasteiger partial charge < -0.3 is 19.4 Å². The van der Waals surface area contributed by atoms with Crippen LogP contribution in [0.1, 0.15) is 120 Å². The van der Waals surface area contributed by atoms with Crippen molar-refractivity contribution in [3.8, 4) is 22.6 Å². The van der Waals surface area contributed by atoms with E-state index in [4.69, 9.17) is 9.40 Å². The van der Waals surface area contributed by atoms with E-state index in [1.54, 1.807) is 0 Å². The first-order chi connectivity index (χ1) is 31.4. The Morgan fingerprint density at radius 1 is 0.821 bits per heavy atom. The van der Waals surface area contributed by atoms with Gasteiger partial charge in [-0.25, -0.2) is 10.7 Å². The molecule has 1 radical (unpaired) electrons. The predicted octanol–water partition coefficient (Wildman–Crippen LogP) is 15.7. The summed E-state index contributed by atoms with van der Waals surface area (Å²) in [7, 11) is 0. The maximum absolute atomic E-state index is 10.8. The molecular formula is C60H65IrN5O-4. The number of rotatable bonds is 8. The fourth-order valence-electron chi connectivity index (χ4n) is 8.55. The van der Waals surface area contributed by atoms with Crippen molar-refractivity contribution in [3.05, 3.63) is 178 Å². The van der Waals surface area contributed by atoms with Crippen molar-refractivity contribution in [1.82, 2.24) is 19.5 Å². The average Bonchev–Trinajstić information content (AvgIpc) is 3.83. The first-order valence-electron chi connectivity index (χ1n) is 23.4. The van der Waals surface area contributed by atoms with Crippen LogP contribution in [0, 0.1) is 49.8 Å². The number of aromatic nitrogens is 4. The molecule has 0 aliphatic carbocycles. The molecule has 1 aliphatic rings. The molecule has 0 saturated heterocycles. The monoisotopic (exact) mass is 1060 g/mol. The molecule has 0 fully saturated rings. The van der Waals surface area contributed by atoms with Crippen molar-refractivity contribution in [2.24, 2.45) is 10.8 Å². The zero-order valence-electron chi connectivity index (χ0n) is 41.5. The number of aryl methyl sites for hydroxylation is 5. The Hall–Kier alpha value is -5.75. The molecule has 7 heteroatoms. The molecule has 1 aliphatic heterocycles. The SMILES string of the molecule is C/C=C\C(=C/C(=[N-])c1[c-]ccc2c1oc1nc(C)ccc12)CC(C)(C)C.CC(C)c1c[c-]c(-c2nc3ccc(CC(C)(C)C)c4c3n2CCC4)cc1.Cc1c[c-]c(-c2ccc(C)cn2)cc1.[Ir]. The molecule has 349 valence electrons. The Bertz CT molecular complexity index is 2980. The quantitative estimate of drug-likeness (QED) is 0.0863. The first-order valence-corrected chi connectivity index (χ1v) is 23.4. The molecule has 0 unspecified atom stereocenters. The van der Waals surface area contributed by atoms with Crippen LogP contribution < -0.4 is 0 Å². The van der Waals surface area contributed by atoms with E-state index in [1.165, 1.54) is 46.2 Å². The number of fused-ring (bicyclic) bond motifs is 3. The Labute approximate surface area is 412 Å². The number of allylic oxidation sites excluding steroid dienone is 4. The van der Waals surface area contributed by atoms with Crippen LogP contribution in [-0.4, -0.2) is 25.2 Å². The van der Waals surface area contributed by atoms with E-state index in [-0.39, 0.29) is 31.2 Å². The van der Waals surface area contributed by atoms with Gasteiger partial charge in [-0.15, -0.1) is 101 Å². The summed E-state index contributed by atoms with van der Waals surface area (Å²) in [4.78, 5) is 13.8. The molecule has 0 atom stereocenters. The second-order valence-corrected chi connectivity index (χ2v) is 20.5. The Kier molecular flexibility index (Phi) is 16.2. The van der Waals surface area contributed by atoms with E-state index in [0.717, 1.165) is 69.6 Å². The molecule has 0 saturated carbocycles. The second-order valence-electron chi connectivity index (χ2n) is 20.5. The van der Waals surface area contributed by atoms with E-state index in [1.807, 2.05) is 87.7 Å². The van der Waals surface area contributed by atoms with Crippen LogP contribution >= 0.6 is 0 Å². The molecule has 0 amide bonds. The van der Waals surface area contributed by atoms with Gasteiger partial charge in [0.2, 0.25) is 5.71 Å². The van der Waals surface area contributed by atoms with Crippen molar-refractivity contribution in [3.63, 3.8) is 0 Å². The van der Waals surface area contributed by atoms with Crippen LogP contribution in [0.25, 0.3) is 61.2 Å². The average molecular weight is 1060 g/mol. The zero-order chi connectivity index (χ0) is 47.3. The van der Waals surface area contributed by atoms with E-state index >= 15 is 0 Å². The Morgan fingerprint density at radius 2 is 1.57 bits per heavy atom. The number of nitrogens with zero attached hydrogens (tertiary/aromatic N) is 5. The number of imidazole rings is 1. The van der Waals surface area contributed by atoms with Gasteiger partial charge in [-0.1, -0.05) is 110 Å². The van der Waals surface area contributed by atoms with Crippen LogP contribution in [0.3, 0.4) is 0 Å². The van der Waals surface area contributed by atoms with Gasteiger partial charge in [-0.2, -0.15) is 0 Å². The van der Waals surface area contributed by atoms with Gasteiger partial charge in [0.25, 0.3) is 0 Å². The summed E-state index contributed by atoms with van der Waals surface area (Å²) >= 11 is 0. The summed E-state index contributed by atoms with van der Waals surface area (Å²) in [5.41, 5.74) is 16.7. The number of hydrogen-bond donors (Lipinski definition) is 0. The fourth-order valence-corrected chi connectivity index (χ4v) is 8.55. The topological polar surface area (TPSA) is 79.0 Å². The third-order valence-corrected chi connectivity index (χ3v) is 11.7. The van der Waals surface area contributed by atoms with Crippen molar-refractivity contribution in [2.45, 2.75) is 121 Å². The summed E-state index contributed by atoms with van der Waals surface area (Å²) in [5.74, 6) is 1.61. The van der Waals surface area contributed by atoms with Crippen LogP contribution in [0.2, 0.25) is 0 Å². The molecule has 4 aromatic carbocycles. The molecule has 0 bridgehead atoms. The van der Waals surface area contributed by atoms with Gasteiger partial charge >= 0.3 is 0 Å². The molecule has 8 aromatic rings. The number of furan rings is 1. The largest absolute Gasteiger partial charge is 0.855 e. The van der Waals surface area contributed by atoms with Crippen molar-refractivity contribution in [2.75, 3.05) is 0 Å². The van der Waals surface area contributed by atoms with Crippen LogP contribution in [0.4, 0.5) is 0 Å². The Balaban J connectivity index is 0.000000172. The second kappa shape index (κ2) is 21.5. The van der Waals surface area contributed by atoms with Crippen LogP contribution in [0.15, 0.2) is 119 Å². The number of pyridine rings is 2. The molecule has 6 nitrogen and oxygen atoms in total. The number of benzene rings is 4. The first kappa shape index (κ1) is 50.7. The van der Waals surface area contributed by atoms with E-state index in [2.05, 4.69) is 138 Å². The Morgan fingerprint density at radius 3 is 2.21 bits per heavy atom. The van der Waals surface area contributed by atoms with Crippen LogP contribution in [-0.2, 0) is 39.5 Å². The van der Waals surface area contributed by atoms with Crippen LogP contribution in [0.5, 0.6) is 0 Å². The normalized spacial score (nSPS) is 12.8. The van der Waals surface area contributed by atoms with Crippen molar-refractivity contribution in [1.29, 1.82) is 0 Å². The van der Waals surface area contributed by atoms with E-state index in [0.29, 0.717) is 28.2 Å². The maximum Gasteiger partial charge on any atom is 0.216 e.